The minimum Gasteiger partial charge on any atom is -0.388 e. The number of aliphatic hydroxyl groups excluding tert-OH is 3. The van der Waals surface area contributed by atoms with E-state index in [-0.39, 0.29) is 0 Å². The molecule has 16 heavy (non-hydrogen) atoms. The van der Waals surface area contributed by atoms with Gasteiger partial charge in [-0.25, -0.2) is 4.57 Å². The molecule has 0 aliphatic heterocycles. The molecule has 0 saturated carbocycles. The summed E-state index contributed by atoms with van der Waals surface area (Å²) in [6.45, 7) is -0.917. The van der Waals surface area contributed by atoms with Crippen LogP contribution >= 0.6 is 7.82 Å². The number of hydrogen-bond acceptors (Lipinski definition) is 6. The van der Waals surface area contributed by atoms with Crippen LogP contribution in [0.3, 0.4) is 0 Å². The Morgan fingerprint density at radius 2 is 1.88 bits per heavy atom. The molecule has 1 amide bonds. The fraction of sp³-hybridized carbons (Fsp3) is 0.833. The van der Waals surface area contributed by atoms with E-state index in [1.165, 1.54) is 7.05 Å². The molecule has 0 aromatic carbocycles. The molecule has 0 radical (unpaired) electrons. The Labute approximate surface area is 90.9 Å². The average Bonchev–Trinajstić information content (AvgIpc) is 2.21. The van der Waals surface area contributed by atoms with Crippen molar-refractivity contribution in [3.63, 3.8) is 0 Å². The van der Waals surface area contributed by atoms with E-state index in [4.69, 9.17) is 20.0 Å². The lowest BCUT2D eigenvalue weighted by molar-refractivity contribution is -0.141. The highest BCUT2D eigenvalue weighted by atomic mass is 31.2. The topological polar surface area (TPSA) is 157 Å². The molecule has 0 rings (SSSR count). The Morgan fingerprint density at radius 1 is 1.38 bits per heavy atom. The van der Waals surface area contributed by atoms with Crippen LogP contribution < -0.4 is 5.32 Å². The van der Waals surface area contributed by atoms with Crippen LogP contribution in [0.2, 0.25) is 0 Å². The first-order chi connectivity index (χ1) is 7.19. The van der Waals surface area contributed by atoms with Crippen LogP contribution in [0.1, 0.15) is 0 Å². The third-order valence-electron chi connectivity index (χ3n) is 1.65. The molecule has 96 valence electrons. The maximum Gasteiger partial charge on any atom is 0.469 e. The fourth-order valence-electron chi connectivity index (χ4n) is 0.785. The number of nitrogens with one attached hydrogen (secondary N) is 1. The van der Waals surface area contributed by atoms with Crippen LogP contribution in [0.15, 0.2) is 0 Å². The molecule has 0 aliphatic rings. The van der Waals surface area contributed by atoms with E-state index >= 15 is 0 Å². The molecule has 6 N–H and O–H groups in total. The van der Waals surface area contributed by atoms with Crippen LogP contribution in [0, 0.1) is 0 Å². The highest BCUT2D eigenvalue weighted by Crippen LogP contribution is 2.35. The van der Waals surface area contributed by atoms with E-state index in [1.807, 2.05) is 5.32 Å². The Hall–Kier alpha value is -0.540. The van der Waals surface area contributed by atoms with Crippen molar-refractivity contribution < 1.29 is 39.0 Å². The number of carbonyl (C=O) groups is 1. The lowest BCUT2D eigenvalue weighted by Crippen LogP contribution is -2.47. The number of phosphoric acid groups is 1. The number of hydrogen-bond donors (Lipinski definition) is 6. The van der Waals surface area contributed by atoms with Gasteiger partial charge in [0.15, 0.2) is 6.10 Å². The smallest absolute Gasteiger partial charge is 0.388 e. The normalized spacial score (nSPS) is 17.6. The number of likely N-dealkylation sites (N-methyl/N-ethyl adjacent to an activating group) is 1. The highest BCUT2D eigenvalue weighted by Gasteiger charge is 2.31. The molecule has 0 heterocycles. The minimum absolute atomic E-state index is 0.917. The summed E-state index contributed by atoms with van der Waals surface area (Å²) in [5, 5.41) is 29.5. The summed E-state index contributed by atoms with van der Waals surface area (Å²) in [6, 6.07) is 0. The lowest BCUT2D eigenvalue weighted by atomic mass is 10.1. The van der Waals surface area contributed by atoms with E-state index in [1.54, 1.807) is 0 Å². The van der Waals surface area contributed by atoms with Crippen molar-refractivity contribution in [2.24, 2.45) is 0 Å². The summed E-state index contributed by atoms with van der Waals surface area (Å²) in [5.41, 5.74) is 0. The standard InChI is InChI=1S/C6H14NO8P/c1-7-6(11)5(10)4(9)3(8)2-15-16(12,13)14/h3-5,8-10H,2H2,1H3,(H,7,11)(H2,12,13,14)/t3-,4-,5-/m1/s1. The van der Waals surface area contributed by atoms with Crippen molar-refractivity contribution in [2.75, 3.05) is 13.7 Å². The van der Waals surface area contributed by atoms with Gasteiger partial charge >= 0.3 is 7.82 Å². The summed E-state index contributed by atoms with van der Waals surface area (Å²) < 4.78 is 14.1. The second-order valence-electron chi connectivity index (χ2n) is 2.90. The molecule has 0 saturated heterocycles. The lowest BCUT2D eigenvalue weighted by Gasteiger charge is -2.21. The van der Waals surface area contributed by atoms with Gasteiger partial charge in [-0.2, -0.15) is 0 Å². The quantitative estimate of drug-likeness (QED) is 0.274. The summed E-state index contributed by atoms with van der Waals surface area (Å²) in [4.78, 5) is 27.4. The molecular weight excluding hydrogens is 245 g/mol. The molecule has 10 heteroatoms. The zero-order chi connectivity index (χ0) is 12.9. The molecule has 0 fully saturated rings. The molecule has 0 unspecified atom stereocenters. The maximum atomic E-state index is 10.8. The summed E-state index contributed by atoms with van der Waals surface area (Å²) in [7, 11) is -3.57. The zero-order valence-electron chi connectivity index (χ0n) is 8.35. The van der Waals surface area contributed by atoms with Crippen LogP contribution in [0.25, 0.3) is 0 Å². The van der Waals surface area contributed by atoms with Gasteiger partial charge in [0.25, 0.3) is 5.91 Å². The van der Waals surface area contributed by atoms with Crippen LogP contribution in [0.4, 0.5) is 0 Å². The molecule has 0 bridgehead atoms. The molecule has 0 aliphatic carbocycles. The van der Waals surface area contributed by atoms with Gasteiger partial charge in [-0.1, -0.05) is 0 Å². The van der Waals surface area contributed by atoms with E-state index in [0.717, 1.165) is 0 Å². The van der Waals surface area contributed by atoms with Gasteiger partial charge in [0.1, 0.15) is 12.2 Å². The number of amides is 1. The largest absolute Gasteiger partial charge is 0.469 e. The first kappa shape index (κ1) is 15.5. The van der Waals surface area contributed by atoms with Crippen molar-refractivity contribution in [2.45, 2.75) is 18.3 Å². The molecule has 3 atom stereocenters. The van der Waals surface area contributed by atoms with Gasteiger partial charge in [0.05, 0.1) is 6.61 Å². The molecule has 0 aromatic rings. The molecule has 0 aromatic heterocycles. The first-order valence-electron chi connectivity index (χ1n) is 4.15. The number of phosphoric ester groups is 1. The predicted octanol–water partition coefficient (Wildman–Crippen LogP) is -3.08. The Morgan fingerprint density at radius 3 is 2.25 bits per heavy atom. The molecular formula is C6H14NO8P. The van der Waals surface area contributed by atoms with Gasteiger partial charge in [0, 0.05) is 7.05 Å². The van der Waals surface area contributed by atoms with Crippen LogP contribution in [-0.2, 0) is 13.9 Å². The van der Waals surface area contributed by atoms with E-state index in [2.05, 4.69) is 4.52 Å². The second-order valence-corrected chi connectivity index (χ2v) is 4.14. The first-order valence-corrected chi connectivity index (χ1v) is 5.68. The fourth-order valence-corrected chi connectivity index (χ4v) is 1.13. The van der Waals surface area contributed by atoms with Crippen molar-refractivity contribution in [3.05, 3.63) is 0 Å². The van der Waals surface area contributed by atoms with Crippen molar-refractivity contribution >= 4 is 13.7 Å². The molecule has 9 nitrogen and oxygen atoms in total. The van der Waals surface area contributed by atoms with Gasteiger partial charge in [-0.3, -0.25) is 9.32 Å². The monoisotopic (exact) mass is 259 g/mol. The van der Waals surface area contributed by atoms with Crippen LogP contribution in [0.5, 0.6) is 0 Å². The number of aliphatic hydroxyl groups is 3. The predicted molar refractivity (Wildman–Crippen MR) is 50.1 cm³/mol. The van der Waals surface area contributed by atoms with Gasteiger partial charge in [0.2, 0.25) is 0 Å². The Bertz CT molecular complexity index is 278. The van der Waals surface area contributed by atoms with E-state index < -0.39 is 38.6 Å². The van der Waals surface area contributed by atoms with Gasteiger partial charge in [-0.05, 0) is 0 Å². The number of rotatable bonds is 6. The third kappa shape index (κ3) is 5.52. The SMILES string of the molecule is CNC(=O)[C@H](O)[C@H](O)[C@H](O)COP(=O)(O)O. The Balaban J connectivity index is 4.23. The third-order valence-corrected chi connectivity index (χ3v) is 2.13. The van der Waals surface area contributed by atoms with Crippen molar-refractivity contribution in [1.29, 1.82) is 0 Å². The van der Waals surface area contributed by atoms with Crippen molar-refractivity contribution in [1.82, 2.24) is 5.32 Å². The van der Waals surface area contributed by atoms with Crippen molar-refractivity contribution in [3.8, 4) is 0 Å². The maximum absolute atomic E-state index is 10.8. The van der Waals surface area contributed by atoms with Gasteiger partial charge in [-0.15, -0.1) is 0 Å². The van der Waals surface area contributed by atoms with Crippen LogP contribution in [-0.4, -0.2) is 63.0 Å². The van der Waals surface area contributed by atoms with E-state index in [9.17, 15) is 14.5 Å². The van der Waals surface area contributed by atoms with E-state index in [0.29, 0.717) is 0 Å². The number of carbonyl (C=O) groups excluding carboxylic acids is 1. The summed E-state index contributed by atoms with van der Waals surface area (Å²) >= 11 is 0. The zero-order valence-corrected chi connectivity index (χ0v) is 9.24. The summed E-state index contributed by atoms with van der Waals surface area (Å²) in [6.07, 6.45) is -5.63. The summed E-state index contributed by atoms with van der Waals surface area (Å²) in [5.74, 6) is -0.942. The second kappa shape index (κ2) is 6.26. The Kier molecular flexibility index (Phi) is 6.05. The average molecular weight is 259 g/mol. The molecule has 0 spiro atoms. The van der Waals surface area contributed by atoms with Gasteiger partial charge < -0.3 is 30.4 Å². The highest BCUT2D eigenvalue weighted by molar-refractivity contribution is 7.46. The minimum atomic E-state index is -4.77.